The molecule has 3 rings (SSSR count). The van der Waals surface area contributed by atoms with Crippen molar-refractivity contribution in [3.63, 3.8) is 0 Å². The summed E-state index contributed by atoms with van der Waals surface area (Å²) in [5.41, 5.74) is 1.92. The van der Waals surface area contributed by atoms with Crippen molar-refractivity contribution in [2.24, 2.45) is 0 Å². The number of halogens is 1. The largest absolute Gasteiger partial charge is 0.479 e. The molecule has 0 radical (unpaired) electrons. The number of carbonyl (C=O) groups excluding carboxylic acids is 1. The number of hydrogen-bond acceptors (Lipinski definition) is 4. The molecule has 0 saturated carbocycles. The van der Waals surface area contributed by atoms with Crippen LogP contribution in [0.4, 0.5) is 0 Å². The van der Waals surface area contributed by atoms with E-state index in [0.717, 1.165) is 30.8 Å². The van der Waals surface area contributed by atoms with E-state index in [0.29, 0.717) is 30.2 Å². The average molecular weight is 445 g/mol. The first-order valence-corrected chi connectivity index (χ1v) is 10.9. The van der Waals surface area contributed by atoms with Gasteiger partial charge in [0.25, 0.3) is 0 Å². The van der Waals surface area contributed by atoms with E-state index in [9.17, 15) is 9.59 Å². The number of hydrogen-bond donors (Lipinski definition) is 1. The normalized spacial score (nSPS) is 17.9. The summed E-state index contributed by atoms with van der Waals surface area (Å²) in [5.74, 6) is -0.304. The molecule has 1 saturated heterocycles. The second-order valence-corrected chi connectivity index (χ2v) is 8.44. The van der Waals surface area contributed by atoms with E-state index in [1.54, 1.807) is 12.1 Å². The molecule has 2 atom stereocenters. The number of ether oxygens (including phenoxy) is 1. The van der Waals surface area contributed by atoms with Gasteiger partial charge in [-0.25, -0.2) is 4.79 Å². The molecular formula is C24H29ClN2O4. The van der Waals surface area contributed by atoms with Crippen LogP contribution in [0.1, 0.15) is 25.0 Å². The third-order valence-electron chi connectivity index (χ3n) is 5.60. The smallest absolute Gasteiger partial charge is 0.344 e. The van der Waals surface area contributed by atoms with Gasteiger partial charge in [-0.05, 0) is 49.6 Å². The van der Waals surface area contributed by atoms with Crippen LogP contribution in [0.5, 0.6) is 5.75 Å². The van der Waals surface area contributed by atoms with Crippen LogP contribution in [-0.4, -0.2) is 65.1 Å². The summed E-state index contributed by atoms with van der Waals surface area (Å²) in [7, 11) is 0. The van der Waals surface area contributed by atoms with Gasteiger partial charge in [-0.2, -0.15) is 0 Å². The van der Waals surface area contributed by atoms with Crippen LogP contribution in [0.3, 0.4) is 0 Å². The van der Waals surface area contributed by atoms with Crippen LogP contribution in [0, 0.1) is 0 Å². The third-order valence-corrected chi connectivity index (χ3v) is 5.84. The molecule has 1 aliphatic rings. The number of amides is 1. The van der Waals surface area contributed by atoms with E-state index in [-0.39, 0.29) is 11.9 Å². The lowest BCUT2D eigenvalue weighted by atomic mass is 10.1. The van der Waals surface area contributed by atoms with Gasteiger partial charge in [0.05, 0.1) is 6.42 Å². The highest BCUT2D eigenvalue weighted by Crippen LogP contribution is 2.25. The average Bonchev–Trinajstić information content (AvgIpc) is 2.74. The molecule has 1 N–H and O–H groups in total. The van der Waals surface area contributed by atoms with Gasteiger partial charge in [0.2, 0.25) is 5.91 Å². The number of carboxylic acids is 1. The lowest BCUT2D eigenvalue weighted by molar-refractivity contribution is -0.144. The van der Waals surface area contributed by atoms with Crippen molar-refractivity contribution in [1.29, 1.82) is 0 Å². The molecular weight excluding hydrogens is 416 g/mol. The van der Waals surface area contributed by atoms with Gasteiger partial charge in [0.15, 0.2) is 6.10 Å². The van der Waals surface area contributed by atoms with Crippen molar-refractivity contribution >= 4 is 23.5 Å². The van der Waals surface area contributed by atoms with Crippen molar-refractivity contribution in [1.82, 2.24) is 9.80 Å². The van der Waals surface area contributed by atoms with Crippen LogP contribution < -0.4 is 4.74 Å². The minimum absolute atomic E-state index is 0.132. The van der Waals surface area contributed by atoms with E-state index in [1.165, 1.54) is 6.92 Å². The molecule has 2 unspecified atom stereocenters. The van der Waals surface area contributed by atoms with Crippen molar-refractivity contribution in [2.45, 2.75) is 38.8 Å². The first-order valence-electron chi connectivity index (χ1n) is 10.6. The molecule has 2 aromatic rings. The van der Waals surface area contributed by atoms with E-state index in [4.69, 9.17) is 21.4 Å². The second-order valence-electron chi connectivity index (χ2n) is 8.00. The first-order chi connectivity index (χ1) is 14.8. The maximum atomic E-state index is 12.7. The number of benzene rings is 2. The van der Waals surface area contributed by atoms with Gasteiger partial charge in [0.1, 0.15) is 5.75 Å². The predicted molar refractivity (Wildman–Crippen MR) is 121 cm³/mol. The Kier molecular flexibility index (Phi) is 7.93. The van der Waals surface area contributed by atoms with Gasteiger partial charge in [-0.3, -0.25) is 9.69 Å². The number of piperazine rings is 1. The monoisotopic (exact) mass is 444 g/mol. The Morgan fingerprint density at radius 3 is 2.61 bits per heavy atom. The highest BCUT2D eigenvalue weighted by atomic mass is 35.5. The molecule has 0 aliphatic carbocycles. The molecule has 1 aliphatic heterocycles. The van der Waals surface area contributed by atoms with Crippen LogP contribution in [0.25, 0.3) is 0 Å². The molecule has 6 nitrogen and oxygen atoms in total. The Balaban J connectivity index is 1.55. The summed E-state index contributed by atoms with van der Waals surface area (Å²) in [5, 5.41) is 9.72. The topological polar surface area (TPSA) is 70.1 Å². The van der Waals surface area contributed by atoms with Crippen LogP contribution >= 0.6 is 11.6 Å². The molecule has 31 heavy (non-hydrogen) atoms. The van der Waals surface area contributed by atoms with Crippen molar-refractivity contribution < 1.29 is 19.4 Å². The maximum Gasteiger partial charge on any atom is 0.344 e. The van der Waals surface area contributed by atoms with Gasteiger partial charge in [-0.1, -0.05) is 41.9 Å². The predicted octanol–water partition coefficient (Wildman–Crippen LogP) is 3.51. The zero-order valence-corrected chi connectivity index (χ0v) is 18.7. The zero-order chi connectivity index (χ0) is 22.4. The Morgan fingerprint density at radius 2 is 1.94 bits per heavy atom. The Morgan fingerprint density at radius 1 is 1.19 bits per heavy atom. The summed E-state index contributed by atoms with van der Waals surface area (Å²) in [4.78, 5) is 28.2. The molecule has 1 heterocycles. The molecule has 1 fully saturated rings. The maximum absolute atomic E-state index is 12.7. The fourth-order valence-electron chi connectivity index (χ4n) is 3.86. The minimum atomic E-state index is -1.01. The number of nitrogens with zero attached hydrogens (tertiary/aromatic N) is 2. The van der Waals surface area contributed by atoms with Crippen LogP contribution in [-0.2, 0) is 22.4 Å². The Labute approximate surface area is 188 Å². The SMILES string of the molecule is CC(Oc1ccc(Cl)cc1CCN1CCN(C(=O)Cc2ccccc2)C(C)C1)C(=O)O. The number of carboxylic acid groups (broad SMARTS) is 1. The fourth-order valence-corrected chi connectivity index (χ4v) is 4.05. The molecule has 0 aromatic heterocycles. The summed E-state index contributed by atoms with van der Waals surface area (Å²) in [6, 6.07) is 15.2. The molecule has 166 valence electrons. The van der Waals surface area contributed by atoms with Gasteiger partial charge >= 0.3 is 5.97 Å². The quantitative estimate of drug-likeness (QED) is 0.674. The van der Waals surface area contributed by atoms with Gasteiger partial charge < -0.3 is 14.7 Å². The highest BCUT2D eigenvalue weighted by molar-refractivity contribution is 6.30. The minimum Gasteiger partial charge on any atom is -0.479 e. The van der Waals surface area contributed by atoms with Crippen molar-refractivity contribution in [2.75, 3.05) is 26.2 Å². The number of carbonyl (C=O) groups is 2. The Bertz CT molecular complexity index is 906. The third kappa shape index (κ3) is 6.45. The standard InChI is InChI=1S/C24H29ClN2O4/c1-17-16-26(12-13-27(17)23(28)14-19-6-4-3-5-7-19)11-10-20-15-21(25)8-9-22(20)31-18(2)24(29)30/h3-9,15,17-18H,10-14,16H2,1-2H3,(H,29,30). The van der Waals surface area contributed by atoms with Gasteiger partial charge in [0, 0.05) is 37.2 Å². The zero-order valence-electron chi connectivity index (χ0n) is 18.0. The summed E-state index contributed by atoms with van der Waals surface area (Å²) < 4.78 is 5.60. The highest BCUT2D eigenvalue weighted by Gasteiger charge is 2.27. The number of aliphatic carboxylic acids is 1. The van der Waals surface area contributed by atoms with Crippen LogP contribution in [0.2, 0.25) is 5.02 Å². The van der Waals surface area contributed by atoms with E-state index < -0.39 is 12.1 Å². The summed E-state index contributed by atoms with van der Waals surface area (Å²) in [6.07, 6.45) is 0.183. The number of rotatable bonds is 8. The van der Waals surface area contributed by atoms with E-state index in [2.05, 4.69) is 11.8 Å². The van der Waals surface area contributed by atoms with Crippen molar-refractivity contribution in [3.05, 3.63) is 64.7 Å². The summed E-state index contributed by atoms with van der Waals surface area (Å²) >= 11 is 6.15. The molecule has 1 amide bonds. The lowest BCUT2D eigenvalue weighted by Crippen LogP contribution is -2.54. The Hall–Kier alpha value is -2.57. The van der Waals surface area contributed by atoms with E-state index >= 15 is 0 Å². The van der Waals surface area contributed by atoms with Crippen molar-refractivity contribution in [3.8, 4) is 5.75 Å². The van der Waals surface area contributed by atoms with Crippen LogP contribution in [0.15, 0.2) is 48.5 Å². The van der Waals surface area contributed by atoms with E-state index in [1.807, 2.05) is 41.3 Å². The molecule has 2 aromatic carbocycles. The molecule has 7 heteroatoms. The first kappa shape index (κ1) is 23.1. The lowest BCUT2D eigenvalue weighted by Gasteiger charge is -2.40. The summed E-state index contributed by atoms with van der Waals surface area (Å²) in [6.45, 7) is 6.66. The molecule has 0 spiro atoms. The van der Waals surface area contributed by atoms with Gasteiger partial charge in [-0.15, -0.1) is 0 Å². The second kappa shape index (κ2) is 10.6. The fraction of sp³-hybridized carbons (Fsp3) is 0.417. The molecule has 0 bridgehead atoms.